The lowest BCUT2D eigenvalue weighted by atomic mass is 10.0. The van der Waals surface area contributed by atoms with Gasteiger partial charge in [-0.3, -0.25) is 14.5 Å². The van der Waals surface area contributed by atoms with Gasteiger partial charge in [-0.15, -0.1) is 0 Å². The zero-order valence-electron chi connectivity index (χ0n) is 13.9. The van der Waals surface area contributed by atoms with Gasteiger partial charge in [-0.1, -0.05) is 0 Å². The largest absolute Gasteiger partial charge is 0.465 e. The Bertz CT molecular complexity index is 1210. The summed E-state index contributed by atoms with van der Waals surface area (Å²) in [4.78, 5) is 37.5. The molecule has 0 saturated carbocycles. The second kappa shape index (κ2) is 5.07. The monoisotopic (exact) mass is 348 g/mol. The molecule has 8 nitrogen and oxygen atoms in total. The molecule has 4 heterocycles. The zero-order valence-corrected chi connectivity index (χ0v) is 13.9. The molecular weight excluding hydrogens is 336 g/mol. The highest BCUT2D eigenvalue weighted by Crippen LogP contribution is 2.37. The molecule has 1 aliphatic heterocycles. The summed E-state index contributed by atoms with van der Waals surface area (Å²) in [6.45, 7) is 0. The van der Waals surface area contributed by atoms with E-state index < -0.39 is 17.8 Å². The standard InChI is InChI=1S/C18H12N4O4/c1-21-16(23)12(7-19)15(17(21)24)10-5-9-6-11(18(25)26-2)14-4-8(20)3-13(10)22(9)14/h3-6H,20H2,1-2H3. The first-order chi connectivity index (χ1) is 12.4. The Morgan fingerprint density at radius 1 is 1.15 bits per heavy atom. The molecule has 2 amide bonds. The van der Waals surface area contributed by atoms with Crippen LogP contribution in [0.3, 0.4) is 0 Å². The maximum absolute atomic E-state index is 12.5. The summed E-state index contributed by atoms with van der Waals surface area (Å²) in [7, 11) is 2.61. The number of hydrogen-bond acceptors (Lipinski definition) is 6. The van der Waals surface area contributed by atoms with Crippen LogP contribution in [-0.4, -0.2) is 41.2 Å². The van der Waals surface area contributed by atoms with Crippen LogP contribution in [0.15, 0.2) is 29.8 Å². The van der Waals surface area contributed by atoms with E-state index in [1.54, 1.807) is 28.7 Å². The fourth-order valence-corrected chi connectivity index (χ4v) is 3.37. The number of hydrogen-bond donors (Lipinski definition) is 1. The number of likely N-dealkylation sites (N-methyl/N-ethyl adjacent to an activating group) is 1. The SMILES string of the molecule is COC(=O)c1cc2cc(C3=C(C#N)C(=O)N(C)C3=O)c3cc(N)cc1n23. The van der Waals surface area contributed by atoms with Crippen molar-refractivity contribution in [3.05, 3.63) is 41.0 Å². The Balaban J connectivity index is 2.09. The maximum Gasteiger partial charge on any atom is 0.340 e. The van der Waals surface area contributed by atoms with Crippen LogP contribution >= 0.6 is 0 Å². The van der Waals surface area contributed by atoms with Gasteiger partial charge in [-0.25, -0.2) is 4.79 Å². The first-order valence-electron chi connectivity index (χ1n) is 7.61. The van der Waals surface area contributed by atoms with Crippen molar-refractivity contribution in [2.45, 2.75) is 0 Å². The first-order valence-corrected chi connectivity index (χ1v) is 7.61. The van der Waals surface area contributed by atoms with Crippen molar-refractivity contribution >= 4 is 45.6 Å². The Labute approximate surface area is 147 Å². The molecular formula is C18H12N4O4. The van der Waals surface area contributed by atoms with Gasteiger partial charge in [0, 0.05) is 23.8 Å². The van der Waals surface area contributed by atoms with Crippen molar-refractivity contribution in [3.63, 3.8) is 0 Å². The highest BCUT2D eigenvalue weighted by atomic mass is 16.5. The van der Waals surface area contributed by atoms with Crippen LogP contribution < -0.4 is 5.73 Å². The number of amides is 2. The van der Waals surface area contributed by atoms with Gasteiger partial charge in [-0.2, -0.15) is 5.26 Å². The normalized spacial score (nSPS) is 14.7. The molecule has 0 saturated heterocycles. The molecule has 8 heteroatoms. The van der Waals surface area contributed by atoms with Gasteiger partial charge in [0.25, 0.3) is 11.8 Å². The number of pyridine rings is 1. The molecule has 0 bridgehead atoms. The summed E-state index contributed by atoms with van der Waals surface area (Å²) in [5.74, 6) is -1.70. The van der Waals surface area contributed by atoms with Gasteiger partial charge in [0.1, 0.15) is 11.6 Å². The molecule has 26 heavy (non-hydrogen) atoms. The molecule has 0 aliphatic carbocycles. The molecule has 3 aromatic rings. The average molecular weight is 348 g/mol. The fraction of sp³-hybridized carbons (Fsp3) is 0.111. The lowest BCUT2D eigenvalue weighted by Gasteiger charge is -2.07. The predicted molar refractivity (Wildman–Crippen MR) is 92.2 cm³/mol. The number of rotatable bonds is 2. The molecule has 0 spiro atoms. The molecule has 3 aromatic heterocycles. The quantitative estimate of drug-likeness (QED) is 0.549. The van der Waals surface area contributed by atoms with E-state index in [2.05, 4.69) is 0 Å². The number of carbonyl (C=O) groups is 3. The maximum atomic E-state index is 12.5. The van der Waals surface area contributed by atoms with E-state index in [1.165, 1.54) is 14.2 Å². The number of aromatic nitrogens is 1. The Morgan fingerprint density at radius 2 is 1.85 bits per heavy atom. The molecule has 0 fully saturated rings. The van der Waals surface area contributed by atoms with E-state index in [9.17, 15) is 19.6 Å². The van der Waals surface area contributed by atoms with Crippen molar-refractivity contribution in [2.24, 2.45) is 0 Å². The second-order valence-corrected chi connectivity index (χ2v) is 5.96. The molecule has 4 rings (SSSR count). The fourth-order valence-electron chi connectivity index (χ4n) is 3.37. The van der Waals surface area contributed by atoms with Gasteiger partial charge in [0.15, 0.2) is 0 Å². The molecule has 0 aromatic carbocycles. The summed E-state index contributed by atoms with van der Waals surface area (Å²) in [5.41, 5.74) is 8.63. The highest BCUT2D eigenvalue weighted by Gasteiger charge is 2.38. The van der Waals surface area contributed by atoms with Crippen LogP contribution in [0.4, 0.5) is 5.69 Å². The lowest BCUT2D eigenvalue weighted by Crippen LogP contribution is -2.26. The number of esters is 1. The van der Waals surface area contributed by atoms with E-state index in [1.807, 2.05) is 6.07 Å². The summed E-state index contributed by atoms with van der Waals surface area (Å²) >= 11 is 0. The van der Waals surface area contributed by atoms with Crippen LogP contribution in [-0.2, 0) is 14.3 Å². The number of nitrogens with zero attached hydrogens (tertiary/aromatic N) is 3. The van der Waals surface area contributed by atoms with Gasteiger partial charge < -0.3 is 14.9 Å². The smallest absolute Gasteiger partial charge is 0.340 e. The van der Waals surface area contributed by atoms with Crippen LogP contribution in [0.25, 0.3) is 22.1 Å². The minimum absolute atomic E-state index is 0.0372. The Kier molecular flexibility index (Phi) is 3.05. The van der Waals surface area contributed by atoms with Crippen LogP contribution in [0, 0.1) is 11.3 Å². The summed E-state index contributed by atoms with van der Waals surface area (Å²) in [6, 6.07) is 8.36. The average Bonchev–Trinajstić information content (AvgIpc) is 3.22. The lowest BCUT2D eigenvalue weighted by molar-refractivity contribution is -0.135. The predicted octanol–water partition coefficient (Wildman–Crippen LogP) is 1.17. The summed E-state index contributed by atoms with van der Waals surface area (Å²) in [5, 5.41) is 9.34. The topological polar surface area (TPSA) is 118 Å². The number of anilines is 1. The number of nitrogen functional groups attached to an aromatic ring is 1. The van der Waals surface area contributed by atoms with Crippen molar-refractivity contribution in [3.8, 4) is 6.07 Å². The molecule has 128 valence electrons. The third-order valence-electron chi connectivity index (χ3n) is 4.56. The van der Waals surface area contributed by atoms with Crippen molar-refractivity contribution in [2.75, 3.05) is 19.9 Å². The number of methoxy groups -OCH3 is 1. The van der Waals surface area contributed by atoms with Crippen molar-refractivity contribution in [1.29, 1.82) is 5.26 Å². The van der Waals surface area contributed by atoms with Crippen molar-refractivity contribution in [1.82, 2.24) is 9.30 Å². The van der Waals surface area contributed by atoms with E-state index in [-0.39, 0.29) is 11.1 Å². The second-order valence-electron chi connectivity index (χ2n) is 5.96. The zero-order chi connectivity index (χ0) is 18.7. The number of nitrogens with two attached hydrogens (primary N) is 1. The molecule has 2 N–H and O–H groups in total. The molecule has 0 radical (unpaired) electrons. The minimum Gasteiger partial charge on any atom is -0.465 e. The third-order valence-corrected chi connectivity index (χ3v) is 4.56. The number of ether oxygens (including phenoxy) is 1. The van der Waals surface area contributed by atoms with Gasteiger partial charge in [0.2, 0.25) is 0 Å². The van der Waals surface area contributed by atoms with E-state index in [4.69, 9.17) is 10.5 Å². The first kappa shape index (κ1) is 15.7. The Hall–Kier alpha value is -3.86. The van der Waals surface area contributed by atoms with Crippen LogP contribution in [0.1, 0.15) is 15.9 Å². The van der Waals surface area contributed by atoms with Crippen LogP contribution in [0.5, 0.6) is 0 Å². The van der Waals surface area contributed by atoms with Crippen molar-refractivity contribution < 1.29 is 19.1 Å². The number of carbonyl (C=O) groups excluding carboxylic acids is 3. The van der Waals surface area contributed by atoms with Crippen LogP contribution in [0.2, 0.25) is 0 Å². The Morgan fingerprint density at radius 3 is 2.50 bits per heavy atom. The molecule has 1 aliphatic rings. The summed E-state index contributed by atoms with van der Waals surface area (Å²) < 4.78 is 6.54. The number of nitriles is 1. The third kappa shape index (κ3) is 1.79. The van der Waals surface area contributed by atoms with Gasteiger partial charge in [0.05, 0.1) is 29.3 Å². The molecule has 0 atom stereocenters. The van der Waals surface area contributed by atoms with E-state index in [0.29, 0.717) is 33.4 Å². The van der Waals surface area contributed by atoms with Gasteiger partial charge in [-0.05, 0) is 24.3 Å². The van der Waals surface area contributed by atoms with Gasteiger partial charge >= 0.3 is 5.97 Å². The minimum atomic E-state index is -0.639. The number of imide groups is 1. The van der Waals surface area contributed by atoms with E-state index in [0.717, 1.165) is 4.90 Å². The highest BCUT2D eigenvalue weighted by molar-refractivity contribution is 6.38. The summed E-state index contributed by atoms with van der Waals surface area (Å²) in [6.07, 6.45) is 0. The van der Waals surface area contributed by atoms with E-state index >= 15 is 0 Å². The molecule has 0 unspecified atom stereocenters.